The van der Waals surface area contributed by atoms with Crippen molar-refractivity contribution in [3.05, 3.63) is 40.2 Å². The van der Waals surface area contributed by atoms with Crippen LogP contribution in [0.25, 0.3) is 10.6 Å². The van der Waals surface area contributed by atoms with Gasteiger partial charge in [0.05, 0.1) is 4.88 Å². The van der Waals surface area contributed by atoms with Gasteiger partial charge in [0.1, 0.15) is 29.2 Å². The first-order valence-electron chi connectivity index (χ1n) is 6.31. The lowest BCUT2D eigenvalue weighted by molar-refractivity contribution is -0.143. The number of hydrogen-bond acceptors (Lipinski definition) is 6. The van der Waals surface area contributed by atoms with Crippen molar-refractivity contribution in [1.82, 2.24) is 9.78 Å². The van der Waals surface area contributed by atoms with Crippen LogP contribution >= 0.6 is 11.3 Å². The van der Waals surface area contributed by atoms with Gasteiger partial charge in [0.2, 0.25) is 0 Å². The Bertz CT molecular complexity index is 904. The lowest BCUT2D eigenvalue weighted by Gasteiger charge is -2.04. The summed E-state index contributed by atoms with van der Waals surface area (Å²) in [6, 6.07) is 7.47. The lowest BCUT2D eigenvalue weighted by atomic mass is 10.3. The van der Waals surface area contributed by atoms with Gasteiger partial charge >= 0.3 is 6.18 Å². The Kier molecular flexibility index (Phi) is 4.71. The van der Waals surface area contributed by atoms with Gasteiger partial charge in [0.15, 0.2) is 5.70 Å². The smallest absolute Gasteiger partial charge is 0.388 e. The van der Waals surface area contributed by atoms with E-state index in [0.29, 0.717) is 9.75 Å². The second-order valence-electron chi connectivity index (χ2n) is 4.48. The molecule has 2 aromatic heterocycles. The first-order valence-corrected chi connectivity index (χ1v) is 7.13. The van der Waals surface area contributed by atoms with Crippen LogP contribution < -0.4 is 5.73 Å². The fraction of sp³-hybridized carbons (Fsp3) is 0.143. The molecule has 0 aliphatic heterocycles. The number of thiophene rings is 1. The molecule has 0 bridgehead atoms. The van der Waals surface area contributed by atoms with Crippen molar-refractivity contribution in [2.45, 2.75) is 6.18 Å². The first-order chi connectivity index (χ1) is 11.3. The van der Waals surface area contributed by atoms with E-state index in [1.807, 2.05) is 0 Å². The van der Waals surface area contributed by atoms with Crippen LogP contribution in [0.5, 0.6) is 0 Å². The lowest BCUT2D eigenvalue weighted by Crippen LogP contribution is -2.11. The van der Waals surface area contributed by atoms with Crippen LogP contribution in [0.3, 0.4) is 0 Å². The van der Waals surface area contributed by atoms with E-state index in [1.165, 1.54) is 13.3 Å². The van der Waals surface area contributed by atoms with Crippen LogP contribution in [0.4, 0.5) is 13.2 Å². The molecule has 0 aliphatic carbocycles. The molecular weight excluding hydrogens is 341 g/mol. The van der Waals surface area contributed by atoms with Gasteiger partial charge in [-0.05, 0) is 18.2 Å². The Morgan fingerprint density at radius 1 is 1.38 bits per heavy atom. The molecule has 0 aromatic carbocycles. The Labute approximate surface area is 138 Å². The third-order valence-electron chi connectivity index (χ3n) is 2.85. The van der Waals surface area contributed by atoms with Crippen LogP contribution in [0.15, 0.2) is 34.6 Å². The zero-order chi connectivity index (χ0) is 17.9. The molecule has 2 heterocycles. The molecule has 24 heavy (non-hydrogen) atoms. The third kappa shape index (κ3) is 3.62. The Hall–Kier alpha value is -3.11. The number of nitrogens with two attached hydrogens (primary N) is 1. The maximum absolute atomic E-state index is 12.8. The molecule has 0 amide bonds. The number of aliphatic imine (C=N–C) groups is 1. The van der Waals surface area contributed by atoms with Crippen molar-refractivity contribution in [1.29, 1.82) is 10.5 Å². The number of aromatic nitrogens is 2. The predicted octanol–water partition coefficient (Wildman–Crippen LogP) is 2.80. The molecule has 0 atom stereocenters. The molecule has 2 rings (SSSR count). The number of halogens is 3. The minimum Gasteiger partial charge on any atom is -0.388 e. The number of aryl methyl sites for hydroxylation is 1. The van der Waals surface area contributed by atoms with Gasteiger partial charge in [-0.25, -0.2) is 4.99 Å². The van der Waals surface area contributed by atoms with Crippen molar-refractivity contribution >= 4 is 17.6 Å². The van der Waals surface area contributed by atoms with Gasteiger partial charge in [0.25, 0.3) is 0 Å². The summed E-state index contributed by atoms with van der Waals surface area (Å²) in [6.45, 7) is 0. The summed E-state index contributed by atoms with van der Waals surface area (Å²) in [5.41, 5.74) is 4.10. The van der Waals surface area contributed by atoms with E-state index >= 15 is 0 Å². The normalized spacial score (nSPS) is 12.8. The molecule has 0 aliphatic rings. The minimum absolute atomic E-state index is 0.182. The third-order valence-corrected chi connectivity index (χ3v) is 3.89. The van der Waals surface area contributed by atoms with Crippen LogP contribution in [0.1, 0.15) is 10.6 Å². The number of alkyl halides is 3. The van der Waals surface area contributed by atoms with E-state index in [2.05, 4.69) is 10.1 Å². The van der Waals surface area contributed by atoms with Gasteiger partial charge in [-0.3, -0.25) is 4.68 Å². The van der Waals surface area contributed by atoms with Crippen LogP contribution in [0.2, 0.25) is 0 Å². The number of hydrogen-bond donors (Lipinski definition) is 1. The number of rotatable bonds is 3. The molecular formula is C14H9F3N6S. The Morgan fingerprint density at radius 3 is 2.62 bits per heavy atom. The highest BCUT2D eigenvalue weighted by Gasteiger charge is 2.35. The Morgan fingerprint density at radius 2 is 2.08 bits per heavy atom. The largest absolute Gasteiger partial charge is 0.433 e. The standard InChI is InChI=1S/C14H9F3N6S/c1-23-13(14(15,16)17)4-10(22-23)12-3-2-8(24-12)7-21-11(6-19)9(20)5-18/h2-4,7H,20H2,1H3/b11-9+,21-7?. The van der Waals surface area contributed by atoms with Crippen LogP contribution in [-0.4, -0.2) is 16.0 Å². The maximum atomic E-state index is 12.8. The molecule has 6 nitrogen and oxygen atoms in total. The summed E-state index contributed by atoms with van der Waals surface area (Å²) in [5.74, 6) is 0. The van der Waals surface area contributed by atoms with E-state index in [9.17, 15) is 13.2 Å². The SMILES string of the molecule is Cn1nc(-c2ccc(C=N/C(C#N)=C(/N)C#N)s2)cc1C(F)(F)F. The predicted molar refractivity (Wildman–Crippen MR) is 81.6 cm³/mol. The Balaban J connectivity index is 2.30. The maximum Gasteiger partial charge on any atom is 0.433 e. The van der Waals surface area contributed by atoms with Gasteiger partial charge < -0.3 is 5.73 Å². The van der Waals surface area contributed by atoms with Gasteiger partial charge in [-0.1, -0.05) is 0 Å². The zero-order valence-electron chi connectivity index (χ0n) is 12.2. The first kappa shape index (κ1) is 17.2. The molecule has 0 saturated heterocycles. The highest BCUT2D eigenvalue weighted by molar-refractivity contribution is 7.17. The monoisotopic (exact) mass is 350 g/mol. The van der Waals surface area contributed by atoms with E-state index < -0.39 is 11.9 Å². The molecule has 122 valence electrons. The summed E-state index contributed by atoms with van der Waals surface area (Å²) in [4.78, 5) is 4.89. The number of nitrogens with zero attached hydrogens (tertiary/aromatic N) is 5. The fourth-order valence-electron chi connectivity index (χ4n) is 1.75. The molecule has 0 radical (unpaired) electrons. The van der Waals surface area contributed by atoms with Crippen LogP contribution in [-0.2, 0) is 13.2 Å². The van der Waals surface area contributed by atoms with Crippen molar-refractivity contribution in [2.24, 2.45) is 17.8 Å². The van der Waals surface area contributed by atoms with Crippen molar-refractivity contribution in [2.75, 3.05) is 0 Å². The zero-order valence-corrected chi connectivity index (χ0v) is 13.0. The van der Waals surface area contributed by atoms with Crippen molar-refractivity contribution in [3.8, 4) is 22.7 Å². The highest BCUT2D eigenvalue weighted by atomic mass is 32.1. The second-order valence-corrected chi connectivity index (χ2v) is 5.60. The minimum atomic E-state index is -4.48. The molecule has 0 fully saturated rings. The van der Waals surface area contributed by atoms with E-state index in [1.54, 1.807) is 24.3 Å². The van der Waals surface area contributed by atoms with Gasteiger partial charge in [0, 0.05) is 18.1 Å². The molecule has 2 aromatic rings. The van der Waals surface area contributed by atoms with Crippen molar-refractivity contribution < 1.29 is 13.2 Å². The van der Waals surface area contributed by atoms with E-state index in [4.69, 9.17) is 16.3 Å². The average Bonchev–Trinajstić information content (AvgIpc) is 3.13. The molecule has 0 unspecified atom stereocenters. The highest BCUT2D eigenvalue weighted by Crippen LogP contribution is 2.33. The van der Waals surface area contributed by atoms with Crippen molar-refractivity contribution in [3.63, 3.8) is 0 Å². The summed E-state index contributed by atoms with van der Waals surface area (Å²) >= 11 is 1.14. The summed E-state index contributed by atoms with van der Waals surface area (Å²) in [5, 5.41) is 21.3. The summed E-state index contributed by atoms with van der Waals surface area (Å²) in [6.07, 6.45) is -3.17. The molecule has 2 N–H and O–H groups in total. The molecule has 0 saturated carbocycles. The topological polar surface area (TPSA) is 104 Å². The molecule has 0 spiro atoms. The summed E-state index contributed by atoms with van der Waals surface area (Å²) < 4.78 is 39.1. The van der Waals surface area contributed by atoms with E-state index in [0.717, 1.165) is 22.1 Å². The molecule has 10 heteroatoms. The summed E-state index contributed by atoms with van der Waals surface area (Å²) in [7, 11) is 1.22. The second kappa shape index (κ2) is 6.56. The van der Waals surface area contributed by atoms with E-state index in [-0.39, 0.29) is 17.1 Å². The van der Waals surface area contributed by atoms with Crippen LogP contribution in [0, 0.1) is 22.7 Å². The van der Waals surface area contributed by atoms with Gasteiger partial charge in [-0.15, -0.1) is 11.3 Å². The van der Waals surface area contributed by atoms with Gasteiger partial charge in [-0.2, -0.15) is 28.8 Å². The number of allylic oxidation sites excluding steroid dienone is 2. The quantitative estimate of drug-likeness (QED) is 0.679. The fourth-order valence-corrected chi connectivity index (χ4v) is 2.59. The number of nitriles is 2. The average molecular weight is 350 g/mol.